The molecule has 24 heavy (non-hydrogen) atoms. The highest BCUT2D eigenvalue weighted by Crippen LogP contribution is 2.35. The maximum Gasteiger partial charge on any atom is 0.262 e. The molecule has 0 heterocycles. The Morgan fingerprint density at radius 3 is 2.21 bits per heavy atom. The van der Waals surface area contributed by atoms with Crippen molar-refractivity contribution in [3.8, 4) is 17.2 Å². The number of rotatable bonds is 7. The van der Waals surface area contributed by atoms with Gasteiger partial charge < -0.3 is 19.9 Å². The fraction of sp³-hybridized carbons (Fsp3) is 0.250. The van der Waals surface area contributed by atoms with Gasteiger partial charge in [0.2, 0.25) is 0 Å². The van der Waals surface area contributed by atoms with E-state index in [1.165, 1.54) is 38.5 Å². The third kappa shape index (κ3) is 3.83. The van der Waals surface area contributed by atoms with Crippen molar-refractivity contribution in [3.63, 3.8) is 0 Å². The van der Waals surface area contributed by atoms with Gasteiger partial charge in [0, 0.05) is 12.1 Å². The van der Waals surface area contributed by atoms with Crippen molar-refractivity contribution in [2.45, 2.75) is 11.8 Å². The molecule has 0 aromatic heterocycles. The molecule has 2 aromatic carbocycles. The van der Waals surface area contributed by atoms with E-state index in [0.29, 0.717) is 29.5 Å². The number of methoxy groups -OCH3 is 2. The average Bonchev–Trinajstić information content (AvgIpc) is 2.56. The van der Waals surface area contributed by atoms with Crippen LogP contribution in [0, 0.1) is 0 Å². The van der Waals surface area contributed by atoms with Crippen LogP contribution in [0.15, 0.2) is 41.3 Å². The molecule has 8 heteroatoms. The van der Waals surface area contributed by atoms with E-state index in [0.717, 1.165) is 0 Å². The molecule has 0 saturated heterocycles. The van der Waals surface area contributed by atoms with Crippen LogP contribution in [0.25, 0.3) is 0 Å². The summed E-state index contributed by atoms with van der Waals surface area (Å²) in [5, 5.41) is 0. The van der Waals surface area contributed by atoms with Crippen molar-refractivity contribution >= 4 is 21.4 Å². The summed E-state index contributed by atoms with van der Waals surface area (Å²) in [5.41, 5.74) is 6.38. The molecule has 2 aromatic rings. The fourth-order valence-electron chi connectivity index (χ4n) is 2.09. The summed E-state index contributed by atoms with van der Waals surface area (Å²) in [6.45, 7) is 2.36. The van der Waals surface area contributed by atoms with Crippen molar-refractivity contribution in [1.82, 2.24) is 0 Å². The molecule has 2 rings (SSSR count). The Labute approximate surface area is 141 Å². The van der Waals surface area contributed by atoms with Crippen LogP contribution >= 0.6 is 0 Å². The molecule has 0 amide bonds. The van der Waals surface area contributed by atoms with E-state index < -0.39 is 10.0 Å². The van der Waals surface area contributed by atoms with Gasteiger partial charge in [-0.05, 0) is 31.2 Å². The SMILES string of the molecule is CCOc1ccc(S(=O)(=O)Nc2cc(OC)c(N)cc2OC)cc1. The predicted molar refractivity (Wildman–Crippen MR) is 92.4 cm³/mol. The Morgan fingerprint density at radius 2 is 1.67 bits per heavy atom. The van der Waals surface area contributed by atoms with Crippen LogP contribution < -0.4 is 24.7 Å². The molecule has 0 bridgehead atoms. The van der Waals surface area contributed by atoms with Crippen LogP contribution in [0.1, 0.15) is 6.92 Å². The first-order valence-corrected chi connectivity index (χ1v) is 8.66. The zero-order valence-electron chi connectivity index (χ0n) is 13.7. The first-order valence-electron chi connectivity index (χ1n) is 7.18. The standard InChI is InChI=1S/C16H20N2O5S/c1-4-23-11-5-7-12(8-6-11)24(19,20)18-14-10-15(21-2)13(17)9-16(14)22-3/h5-10,18H,4,17H2,1-3H3. The summed E-state index contributed by atoms with van der Waals surface area (Å²) < 4.78 is 43.2. The summed E-state index contributed by atoms with van der Waals surface area (Å²) in [7, 11) is -0.924. The van der Waals surface area contributed by atoms with E-state index in [1.807, 2.05) is 6.92 Å². The Morgan fingerprint density at radius 1 is 1.04 bits per heavy atom. The molecule has 7 nitrogen and oxygen atoms in total. The second-order valence-corrected chi connectivity index (χ2v) is 6.49. The van der Waals surface area contributed by atoms with E-state index in [1.54, 1.807) is 12.1 Å². The van der Waals surface area contributed by atoms with Gasteiger partial charge in [-0.15, -0.1) is 0 Å². The van der Waals surface area contributed by atoms with Crippen molar-refractivity contribution in [3.05, 3.63) is 36.4 Å². The second kappa shape index (κ2) is 7.31. The van der Waals surface area contributed by atoms with Gasteiger partial charge >= 0.3 is 0 Å². The highest BCUT2D eigenvalue weighted by molar-refractivity contribution is 7.92. The van der Waals surface area contributed by atoms with Gasteiger partial charge in [-0.25, -0.2) is 8.42 Å². The molecule has 0 aliphatic rings. The quantitative estimate of drug-likeness (QED) is 0.743. The molecule has 0 fully saturated rings. The number of nitrogen functional groups attached to an aromatic ring is 1. The van der Waals surface area contributed by atoms with Gasteiger partial charge in [0.25, 0.3) is 10.0 Å². The van der Waals surface area contributed by atoms with Crippen LogP contribution in [-0.2, 0) is 10.0 Å². The lowest BCUT2D eigenvalue weighted by molar-refractivity contribution is 0.340. The third-order valence-corrected chi connectivity index (χ3v) is 4.62. The zero-order valence-corrected chi connectivity index (χ0v) is 14.5. The van der Waals surface area contributed by atoms with Gasteiger partial charge in [-0.2, -0.15) is 0 Å². The minimum absolute atomic E-state index is 0.101. The Bertz CT molecular complexity index is 804. The van der Waals surface area contributed by atoms with Crippen LogP contribution in [0.5, 0.6) is 17.2 Å². The highest BCUT2D eigenvalue weighted by Gasteiger charge is 2.18. The zero-order chi connectivity index (χ0) is 17.7. The Balaban J connectivity index is 2.34. The molecule has 0 unspecified atom stereocenters. The van der Waals surface area contributed by atoms with Crippen molar-refractivity contribution < 1.29 is 22.6 Å². The smallest absolute Gasteiger partial charge is 0.262 e. The highest BCUT2D eigenvalue weighted by atomic mass is 32.2. The molecule has 0 spiro atoms. The number of benzene rings is 2. The van der Waals surface area contributed by atoms with Crippen LogP contribution in [-0.4, -0.2) is 29.2 Å². The summed E-state index contributed by atoms with van der Waals surface area (Å²) >= 11 is 0. The minimum Gasteiger partial charge on any atom is -0.495 e. The van der Waals surface area contributed by atoms with Crippen molar-refractivity contribution in [2.75, 3.05) is 31.3 Å². The van der Waals surface area contributed by atoms with E-state index in [9.17, 15) is 8.42 Å². The largest absolute Gasteiger partial charge is 0.495 e. The van der Waals surface area contributed by atoms with E-state index in [-0.39, 0.29) is 10.6 Å². The van der Waals surface area contributed by atoms with Gasteiger partial charge in [0.05, 0.1) is 37.1 Å². The number of nitrogens with two attached hydrogens (primary N) is 1. The first-order chi connectivity index (χ1) is 11.4. The normalized spacial score (nSPS) is 11.0. The number of anilines is 2. The lowest BCUT2D eigenvalue weighted by Crippen LogP contribution is -2.14. The molecule has 0 aliphatic heterocycles. The molecule has 0 aliphatic carbocycles. The van der Waals surface area contributed by atoms with E-state index >= 15 is 0 Å². The van der Waals surface area contributed by atoms with Crippen LogP contribution in [0.2, 0.25) is 0 Å². The third-order valence-electron chi connectivity index (χ3n) is 3.24. The van der Waals surface area contributed by atoms with Crippen LogP contribution in [0.4, 0.5) is 11.4 Å². The Kier molecular flexibility index (Phi) is 5.40. The molecule has 0 saturated carbocycles. The number of sulfonamides is 1. The number of ether oxygens (including phenoxy) is 3. The van der Waals surface area contributed by atoms with E-state index in [4.69, 9.17) is 19.9 Å². The molecule has 3 N–H and O–H groups in total. The molecule has 130 valence electrons. The maximum absolute atomic E-state index is 12.5. The number of nitrogens with one attached hydrogen (secondary N) is 1. The van der Waals surface area contributed by atoms with Gasteiger partial charge in [-0.1, -0.05) is 0 Å². The lowest BCUT2D eigenvalue weighted by Gasteiger charge is -2.15. The van der Waals surface area contributed by atoms with Gasteiger partial charge in [0.15, 0.2) is 0 Å². The van der Waals surface area contributed by atoms with E-state index in [2.05, 4.69) is 4.72 Å². The number of hydrogen-bond acceptors (Lipinski definition) is 6. The first kappa shape index (κ1) is 17.7. The predicted octanol–water partition coefficient (Wildman–Crippen LogP) is 2.49. The summed E-state index contributed by atoms with van der Waals surface area (Å²) in [4.78, 5) is 0.101. The fourth-order valence-corrected chi connectivity index (χ4v) is 3.15. The van der Waals surface area contributed by atoms with Crippen molar-refractivity contribution in [1.29, 1.82) is 0 Å². The second-order valence-electron chi connectivity index (χ2n) is 4.80. The van der Waals surface area contributed by atoms with Crippen LogP contribution in [0.3, 0.4) is 0 Å². The Hall–Kier alpha value is -2.61. The summed E-state index contributed by atoms with van der Waals surface area (Å²) in [6.07, 6.45) is 0. The molecule has 0 radical (unpaired) electrons. The van der Waals surface area contributed by atoms with Gasteiger partial charge in [0.1, 0.15) is 17.2 Å². The summed E-state index contributed by atoms with van der Waals surface area (Å²) in [6, 6.07) is 9.09. The maximum atomic E-state index is 12.5. The molecule has 0 atom stereocenters. The lowest BCUT2D eigenvalue weighted by atomic mass is 10.2. The molecular formula is C16H20N2O5S. The summed E-state index contributed by atoms with van der Waals surface area (Å²) in [5.74, 6) is 1.24. The van der Waals surface area contributed by atoms with Gasteiger partial charge in [-0.3, -0.25) is 4.72 Å². The average molecular weight is 352 g/mol. The number of hydrogen-bond donors (Lipinski definition) is 2. The minimum atomic E-state index is -3.80. The topological polar surface area (TPSA) is 99.9 Å². The molecular weight excluding hydrogens is 332 g/mol. The monoisotopic (exact) mass is 352 g/mol. The van der Waals surface area contributed by atoms with Crippen molar-refractivity contribution in [2.24, 2.45) is 0 Å².